The summed E-state index contributed by atoms with van der Waals surface area (Å²) in [6, 6.07) is 11.6. The Morgan fingerprint density at radius 2 is 1.89 bits per heavy atom. The fourth-order valence-corrected chi connectivity index (χ4v) is 6.79. The Labute approximate surface area is 212 Å². The summed E-state index contributed by atoms with van der Waals surface area (Å²) in [5.41, 5.74) is 2.37. The summed E-state index contributed by atoms with van der Waals surface area (Å²) in [6.07, 6.45) is 2.04. The van der Waals surface area contributed by atoms with Crippen molar-refractivity contribution in [2.24, 2.45) is 0 Å². The van der Waals surface area contributed by atoms with Gasteiger partial charge in [-0.1, -0.05) is 23.9 Å². The Hall–Kier alpha value is -2.25. The van der Waals surface area contributed by atoms with E-state index in [0.717, 1.165) is 35.7 Å². The lowest BCUT2D eigenvalue weighted by atomic mass is 10.2. The zero-order valence-electron chi connectivity index (χ0n) is 19.5. The lowest BCUT2D eigenvalue weighted by molar-refractivity contribution is -0.0498. The van der Waals surface area contributed by atoms with Crippen LogP contribution in [-0.4, -0.2) is 67.9 Å². The van der Waals surface area contributed by atoms with Gasteiger partial charge in [0.2, 0.25) is 10.0 Å². The maximum Gasteiger partial charge on any atom is 0.387 e. The highest BCUT2D eigenvalue weighted by atomic mass is 32.2. The topological polar surface area (TPSA) is 82.9 Å². The first-order chi connectivity index (χ1) is 17.4. The van der Waals surface area contributed by atoms with Crippen LogP contribution in [0.4, 0.5) is 8.78 Å². The van der Waals surface area contributed by atoms with Crippen molar-refractivity contribution in [1.82, 2.24) is 13.9 Å². The highest BCUT2D eigenvalue weighted by Crippen LogP contribution is 2.31. The first kappa shape index (κ1) is 25.4. The summed E-state index contributed by atoms with van der Waals surface area (Å²) in [5, 5.41) is 0.745. The van der Waals surface area contributed by atoms with E-state index in [1.165, 1.54) is 28.2 Å². The first-order valence-corrected chi connectivity index (χ1v) is 14.2. The molecule has 194 valence electrons. The van der Waals surface area contributed by atoms with Crippen molar-refractivity contribution in [3.8, 4) is 5.75 Å². The van der Waals surface area contributed by atoms with Gasteiger partial charge in [-0.3, -0.25) is 0 Å². The molecule has 0 bridgehead atoms. The van der Waals surface area contributed by atoms with E-state index in [2.05, 4.69) is 9.30 Å². The third-order valence-electron chi connectivity index (χ3n) is 6.22. The molecule has 3 heterocycles. The van der Waals surface area contributed by atoms with Gasteiger partial charge < -0.3 is 18.8 Å². The standard InChI is InChI=1S/C24H27F2N3O5S2/c25-23(26)34-18-5-3-17(4-6-18)16-35-24-27-21-14-20(36(30,31)28-9-12-32-13-10-28)7-8-22(21)29(24)15-19-2-1-11-33-19/h3-8,14,19,23H,1-2,9-13,15-16H2/t19-/m0/s1. The van der Waals surface area contributed by atoms with Crippen LogP contribution in [0.2, 0.25) is 0 Å². The quantitative estimate of drug-likeness (QED) is 0.378. The van der Waals surface area contributed by atoms with Crippen LogP contribution >= 0.6 is 11.8 Å². The largest absolute Gasteiger partial charge is 0.435 e. The fourth-order valence-electron chi connectivity index (χ4n) is 4.38. The Bertz CT molecular complexity index is 1290. The molecule has 0 aliphatic carbocycles. The number of ether oxygens (including phenoxy) is 3. The third-order valence-corrected chi connectivity index (χ3v) is 9.16. The van der Waals surface area contributed by atoms with Crippen LogP contribution in [0.3, 0.4) is 0 Å². The average Bonchev–Trinajstić information content (AvgIpc) is 3.52. The van der Waals surface area contributed by atoms with Gasteiger partial charge in [0, 0.05) is 25.4 Å². The van der Waals surface area contributed by atoms with E-state index in [4.69, 9.17) is 14.5 Å². The van der Waals surface area contributed by atoms with Crippen LogP contribution in [-0.2, 0) is 31.8 Å². The van der Waals surface area contributed by atoms with E-state index < -0.39 is 16.6 Å². The number of hydrogen-bond donors (Lipinski definition) is 0. The number of benzene rings is 2. The maximum absolute atomic E-state index is 13.2. The van der Waals surface area contributed by atoms with Crippen LogP contribution in [0, 0.1) is 0 Å². The third kappa shape index (κ3) is 5.67. The SMILES string of the molecule is O=S(=O)(c1ccc2c(c1)nc(SCc1ccc(OC(F)F)cc1)n2C[C@@H]1CCCO1)N1CCOCC1. The highest BCUT2D eigenvalue weighted by molar-refractivity contribution is 7.98. The smallest absolute Gasteiger partial charge is 0.387 e. The van der Waals surface area contributed by atoms with Gasteiger partial charge in [0.15, 0.2) is 5.16 Å². The van der Waals surface area contributed by atoms with E-state index in [0.29, 0.717) is 44.1 Å². The van der Waals surface area contributed by atoms with E-state index in [1.54, 1.807) is 24.3 Å². The normalized spacial score (nSPS) is 19.4. The number of fused-ring (bicyclic) bond motifs is 1. The minimum Gasteiger partial charge on any atom is -0.435 e. The van der Waals surface area contributed by atoms with Gasteiger partial charge in [-0.25, -0.2) is 13.4 Å². The molecule has 3 aromatic rings. The van der Waals surface area contributed by atoms with Crippen molar-refractivity contribution in [2.75, 3.05) is 32.9 Å². The summed E-state index contributed by atoms with van der Waals surface area (Å²) >= 11 is 1.50. The van der Waals surface area contributed by atoms with E-state index in [9.17, 15) is 17.2 Å². The second-order valence-electron chi connectivity index (χ2n) is 8.62. The van der Waals surface area contributed by atoms with Gasteiger partial charge in [0.25, 0.3) is 0 Å². The number of halogens is 2. The number of hydrogen-bond acceptors (Lipinski definition) is 7. The number of rotatable bonds is 9. The number of alkyl halides is 2. The van der Waals surface area contributed by atoms with Crippen molar-refractivity contribution < 1.29 is 31.4 Å². The molecule has 8 nitrogen and oxygen atoms in total. The number of sulfonamides is 1. The van der Waals surface area contributed by atoms with Gasteiger partial charge in [-0.2, -0.15) is 13.1 Å². The molecule has 5 rings (SSSR count). The Morgan fingerprint density at radius 3 is 2.58 bits per heavy atom. The summed E-state index contributed by atoms with van der Waals surface area (Å²) in [7, 11) is -3.64. The predicted molar refractivity (Wildman–Crippen MR) is 131 cm³/mol. The van der Waals surface area contributed by atoms with Crippen molar-refractivity contribution in [2.45, 2.75) is 47.9 Å². The molecule has 1 aromatic heterocycles. The number of imidazole rings is 1. The summed E-state index contributed by atoms with van der Waals surface area (Å²) in [4.78, 5) is 5.00. The van der Waals surface area contributed by atoms with Crippen LogP contribution in [0.1, 0.15) is 18.4 Å². The molecule has 2 aliphatic rings. The monoisotopic (exact) mass is 539 g/mol. The number of nitrogens with zero attached hydrogens (tertiary/aromatic N) is 3. The summed E-state index contributed by atoms with van der Waals surface area (Å²) < 4.78 is 70.2. The molecule has 0 radical (unpaired) electrons. The number of aromatic nitrogens is 2. The Balaban J connectivity index is 1.41. The first-order valence-electron chi connectivity index (χ1n) is 11.8. The van der Waals surface area contributed by atoms with Crippen molar-refractivity contribution in [1.29, 1.82) is 0 Å². The van der Waals surface area contributed by atoms with Crippen molar-refractivity contribution in [3.05, 3.63) is 48.0 Å². The van der Waals surface area contributed by atoms with Crippen LogP contribution in [0.5, 0.6) is 5.75 Å². The van der Waals surface area contributed by atoms with Gasteiger partial charge >= 0.3 is 6.61 Å². The molecule has 2 fully saturated rings. The second kappa shape index (κ2) is 11.0. The van der Waals surface area contributed by atoms with Crippen LogP contribution in [0.15, 0.2) is 52.5 Å². The molecule has 0 saturated carbocycles. The van der Waals surface area contributed by atoms with Gasteiger partial charge in [-0.15, -0.1) is 0 Å². The van der Waals surface area contributed by atoms with Gasteiger partial charge in [-0.05, 0) is 48.7 Å². The molecule has 12 heteroatoms. The Morgan fingerprint density at radius 1 is 1.11 bits per heavy atom. The zero-order chi connectivity index (χ0) is 25.1. The minimum absolute atomic E-state index is 0.0734. The van der Waals surface area contributed by atoms with Crippen LogP contribution in [0.25, 0.3) is 11.0 Å². The highest BCUT2D eigenvalue weighted by Gasteiger charge is 2.28. The maximum atomic E-state index is 13.2. The fraction of sp³-hybridized carbons (Fsp3) is 0.458. The number of thioether (sulfide) groups is 1. The zero-order valence-corrected chi connectivity index (χ0v) is 21.1. The van der Waals surface area contributed by atoms with E-state index in [1.807, 2.05) is 6.07 Å². The molecule has 0 spiro atoms. The Kier molecular flexibility index (Phi) is 7.77. The molecule has 1 atom stereocenters. The molecule has 2 aromatic carbocycles. The van der Waals surface area contributed by atoms with E-state index >= 15 is 0 Å². The second-order valence-corrected chi connectivity index (χ2v) is 11.5. The molecule has 36 heavy (non-hydrogen) atoms. The summed E-state index contributed by atoms with van der Waals surface area (Å²) in [6.45, 7) is -0.0859. The van der Waals surface area contributed by atoms with Gasteiger partial charge in [0.1, 0.15) is 5.75 Å². The van der Waals surface area contributed by atoms with Crippen molar-refractivity contribution in [3.63, 3.8) is 0 Å². The molecule has 0 unspecified atom stereocenters. The summed E-state index contributed by atoms with van der Waals surface area (Å²) in [5.74, 6) is 0.668. The lowest BCUT2D eigenvalue weighted by Gasteiger charge is -2.26. The lowest BCUT2D eigenvalue weighted by Crippen LogP contribution is -2.40. The molecule has 0 amide bonds. The average molecular weight is 540 g/mol. The van der Waals surface area contributed by atoms with Gasteiger partial charge in [0.05, 0.1) is 41.8 Å². The van der Waals surface area contributed by atoms with Crippen LogP contribution < -0.4 is 4.74 Å². The molecular formula is C24H27F2N3O5S2. The molecule has 0 N–H and O–H groups in total. The molecule has 2 aliphatic heterocycles. The predicted octanol–water partition coefficient (Wildman–Crippen LogP) is 4.13. The molecular weight excluding hydrogens is 512 g/mol. The minimum atomic E-state index is -3.64. The molecule has 2 saturated heterocycles. The number of morpholine rings is 1. The van der Waals surface area contributed by atoms with E-state index in [-0.39, 0.29) is 16.7 Å². The van der Waals surface area contributed by atoms with Crippen molar-refractivity contribution >= 4 is 32.8 Å².